The maximum Gasteiger partial charge on any atom is 0.243 e. The maximum atomic E-state index is 12.7. The molecule has 178 valence electrons. The standard InChI is InChI=1S/C23H29N3O5S2/c27-23(24-20-8-10-21(11-9-20)26-17-4-18-32(26,28)29)14-7-19-5-12-22(13-6-19)33(30,31)25-15-2-1-3-16-25/h5-6,8-13H,1-4,7,14-18H2,(H,24,27). The van der Waals surface area contributed by atoms with E-state index in [0.717, 1.165) is 24.8 Å². The van der Waals surface area contributed by atoms with Gasteiger partial charge in [-0.05, 0) is 67.6 Å². The number of piperidine rings is 1. The number of nitrogens with one attached hydrogen (secondary N) is 1. The van der Waals surface area contributed by atoms with Gasteiger partial charge in [0.15, 0.2) is 0 Å². The summed E-state index contributed by atoms with van der Waals surface area (Å²) in [6.45, 7) is 1.62. The van der Waals surface area contributed by atoms with Crippen molar-refractivity contribution >= 4 is 37.3 Å². The Balaban J connectivity index is 1.30. The molecular weight excluding hydrogens is 462 g/mol. The van der Waals surface area contributed by atoms with Crippen LogP contribution >= 0.6 is 0 Å². The number of aryl methyl sites for hydroxylation is 1. The van der Waals surface area contributed by atoms with Gasteiger partial charge in [0.1, 0.15) is 0 Å². The summed E-state index contributed by atoms with van der Waals surface area (Å²) in [5.41, 5.74) is 2.09. The van der Waals surface area contributed by atoms with Gasteiger partial charge in [0.2, 0.25) is 26.0 Å². The van der Waals surface area contributed by atoms with Crippen LogP contribution in [0, 0.1) is 0 Å². The highest BCUT2D eigenvalue weighted by molar-refractivity contribution is 7.93. The molecule has 4 rings (SSSR count). The van der Waals surface area contributed by atoms with Crippen molar-refractivity contribution in [1.29, 1.82) is 0 Å². The van der Waals surface area contributed by atoms with Crippen molar-refractivity contribution in [3.05, 3.63) is 54.1 Å². The van der Waals surface area contributed by atoms with Gasteiger partial charge in [-0.1, -0.05) is 18.6 Å². The number of carbonyl (C=O) groups is 1. The lowest BCUT2D eigenvalue weighted by Crippen LogP contribution is -2.35. The van der Waals surface area contributed by atoms with Gasteiger partial charge in [-0.25, -0.2) is 16.8 Å². The first kappa shape index (κ1) is 23.7. The molecule has 0 unspecified atom stereocenters. The summed E-state index contributed by atoms with van der Waals surface area (Å²) in [7, 11) is -6.68. The van der Waals surface area contributed by atoms with Crippen LogP contribution in [0.2, 0.25) is 0 Å². The van der Waals surface area contributed by atoms with E-state index in [1.807, 2.05) is 0 Å². The van der Waals surface area contributed by atoms with Crippen molar-refractivity contribution in [2.45, 2.75) is 43.4 Å². The number of benzene rings is 2. The Kier molecular flexibility index (Phi) is 7.06. The summed E-state index contributed by atoms with van der Waals surface area (Å²) >= 11 is 0. The number of anilines is 2. The van der Waals surface area contributed by atoms with Gasteiger partial charge in [-0.15, -0.1) is 0 Å². The number of amides is 1. The molecule has 2 aliphatic heterocycles. The van der Waals surface area contributed by atoms with Crippen molar-refractivity contribution < 1.29 is 21.6 Å². The van der Waals surface area contributed by atoms with Crippen molar-refractivity contribution in [2.75, 3.05) is 35.0 Å². The van der Waals surface area contributed by atoms with E-state index in [4.69, 9.17) is 0 Å². The van der Waals surface area contributed by atoms with E-state index in [-0.39, 0.29) is 23.0 Å². The third-order valence-electron chi connectivity index (χ3n) is 6.06. The van der Waals surface area contributed by atoms with Crippen LogP contribution in [0.1, 0.15) is 37.7 Å². The average Bonchev–Trinajstić information content (AvgIpc) is 3.18. The van der Waals surface area contributed by atoms with E-state index in [1.165, 1.54) is 4.31 Å². The number of hydrogen-bond donors (Lipinski definition) is 1. The summed E-state index contributed by atoms with van der Waals surface area (Å²) in [4.78, 5) is 12.6. The van der Waals surface area contributed by atoms with Gasteiger partial charge in [0.05, 0.1) is 16.3 Å². The SMILES string of the molecule is O=C(CCc1ccc(S(=O)(=O)N2CCCCC2)cc1)Nc1ccc(N2CCCS2(=O)=O)cc1. The summed E-state index contributed by atoms with van der Waals surface area (Å²) < 4.78 is 52.5. The zero-order valence-electron chi connectivity index (χ0n) is 18.4. The molecule has 0 aromatic heterocycles. The van der Waals surface area contributed by atoms with E-state index >= 15 is 0 Å². The second kappa shape index (κ2) is 9.82. The second-order valence-corrected chi connectivity index (χ2v) is 12.4. The molecule has 8 nitrogen and oxygen atoms in total. The summed E-state index contributed by atoms with van der Waals surface area (Å²) in [6.07, 6.45) is 4.21. The number of carbonyl (C=O) groups excluding carboxylic acids is 1. The van der Waals surface area contributed by atoms with Crippen molar-refractivity contribution in [1.82, 2.24) is 4.31 Å². The lowest BCUT2D eigenvalue weighted by atomic mass is 10.1. The fourth-order valence-corrected chi connectivity index (χ4v) is 7.29. The van der Waals surface area contributed by atoms with Gasteiger partial charge >= 0.3 is 0 Å². The van der Waals surface area contributed by atoms with E-state index in [2.05, 4.69) is 5.32 Å². The highest BCUT2D eigenvalue weighted by atomic mass is 32.2. The van der Waals surface area contributed by atoms with E-state index in [1.54, 1.807) is 52.8 Å². The quantitative estimate of drug-likeness (QED) is 0.641. The number of nitrogens with zero attached hydrogens (tertiary/aromatic N) is 2. The number of rotatable bonds is 7. The Hall–Kier alpha value is -2.43. The van der Waals surface area contributed by atoms with Crippen molar-refractivity contribution in [2.24, 2.45) is 0 Å². The largest absolute Gasteiger partial charge is 0.326 e. The van der Waals surface area contributed by atoms with Crippen LogP contribution < -0.4 is 9.62 Å². The fraction of sp³-hybridized carbons (Fsp3) is 0.435. The molecule has 0 atom stereocenters. The Morgan fingerprint density at radius 3 is 2.15 bits per heavy atom. The van der Waals surface area contributed by atoms with Crippen LogP contribution in [0.15, 0.2) is 53.4 Å². The van der Waals surface area contributed by atoms with Crippen molar-refractivity contribution in [3.8, 4) is 0 Å². The summed E-state index contributed by atoms with van der Waals surface area (Å²) in [5, 5.41) is 2.82. The minimum absolute atomic E-state index is 0.163. The van der Waals surface area contributed by atoms with Crippen LogP contribution in [0.3, 0.4) is 0 Å². The molecule has 0 aliphatic carbocycles. The van der Waals surface area contributed by atoms with Gasteiger partial charge in [0, 0.05) is 31.7 Å². The van der Waals surface area contributed by atoms with Crippen LogP contribution in [0.5, 0.6) is 0 Å². The third kappa shape index (κ3) is 5.56. The molecule has 2 aromatic carbocycles. The number of hydrogen-bond acceptors (Lipinski definition) is 5. The Bertz CT molecular complexity index is 1190. The van der Waals surface area contributed by atoms with Crippen LogP contribution in [-0.4, -0.2) is 52.4 Å². The zero-order chi connectivity index (χ0) is 23.5. The molecule has 2 fully saturated rings. The topological polar surface area (TPSA) is 104 Å². The molecule has 33 heavy (non-hydrogen) atoms. The van der Waals surface area contributed by atoms with Gasteiger partial charge in [0.25, 0.3) is 0 Å². The third-order valence-corrected chi connectivity index (χ3v) is 9.84. The minimum Gasteiger partial charge on any atom is -0.326 e. The summed E-state index contributed by atoms with van der Waals surface area (Å²) in [5.74, 6) is -0.00188. The molecule has 0 spiro atoms. The lowest BCUT2D eigenvalue weighted by molar-refractivity contribution is -0.116. The molecule has 2 heterocycles. The lowest BCUT2D eigenvalue weighted by Gasteiger charge is -2.25. The smallest absolute Gasteiger partial charge is 0.243 e. The Morgan fingerprint density at radius 1 is 0.879 bits per heavy atom. The Labute approximate surface area is 195 Å². The highest BCUT2D eigenvalue weighted by Crippen LogP contribution is 2.25. The van der Waals surface area contributed by atoms with Crippen molar-refractivity contribution in [3.63, 3.8) is 0 Å². The fourth-order valence-electron chi connectivity index (χ4n) is 4.20. The predicted octanol–water partition coefficient (Wildman–Crippen LogP) is 2.97. The molecule has 0 bridgehead atoms. The molecule has 0 radical (unpaired) electrons. The first-order valence-electron chi connectivity index (χ1n) is 11.3. The summed E-state index contributed by atoms with van der Waals surface area (Å²) in [6, 6.07) is 13.5. The average molecular weight is 492 g/mol. The van der Waals surface area contributed by atoms with Crippen LogP contribution in [0.25, 0.3) is 0 Å². The van der Waals surface area contributed by atoms with E-state index in [0.29, 0.717) is 43.9 Å². The normalized spacial score (nSPS) is 18.8. The van der Waals surface area contributed by atoms with Gasteiger partial charge in [-0.2, -0.15) is 4.31 Å². The van der Waals surface area contributed by atoms with Gasteiger partial charge in [-0.3, -0.25) is 9.10 Å². The first-order chi connectivity index (χ1) is 15.8. The first-order valence-corrected chi connectivity index (χ1v) is 14.3. The highest BCUT2D eigenvalue weighted by Gasteiger charge is 2.28. The molecule has 1 N–H and O–H groups in total. The molecule has 2 saturated heterocycles. The maximum absolute atomic E-state index is 12.7. The zero-order valence-corrected chi connectivity index (χ0v) is 20.1. The van der Waals surface area contributed by atoms with Gasteiger partial charge < -0.3 is 5.32 Å². The molecular formula is C23H29N3O5S2. The molecule has 2 aromatic rings. The van der Waals surface area contributed by atoms with E-state index < -0.39 is 20.0 Å². The van der Waals surface area contributed by atoms with Crippen LogP contribution in [-0.2, 0) is 31.3 Å². The second-order valence-electron chi connectivity index (χ2n) is 8.45. The Morgan fingerprint density at radius 2 is 1.55 bits per heavy atom. The van der Waals surface area contributed by atoms with E-state index in [9.17, 15) is 21.6 Å². The minimum atomic E-state index is -3.45. The predicted molar refractivity (Wildman–Crippen MR) is 128 cm³/mol. The molecule has 2 aliphatic rings. The van der Waals surface area contributed by atoms with Crippen LogP contribution in [0.4, 0.5) is 11.4 Å². The monoisotopic (exact) mass is 491 g/mol. The number of sulfonamides is 2. The molecule has 0 saturated carbocycles. The molecule has 10 heteroatoms. The molecule has 1 amide bonds.